The molecule has 0 aromatic heterocycles. The topological polar surface area (TPSA) is 80.2 Å². The summed E-state index contributed by atoms with van der Waals surface area (Å²) < 4.78 is 10.8. The van der Waals surface area contributed by atoms with Gasteiger partial charge in [-0.05, 0) is 37.0 Å². The summed E-state index contributed by atoms with van der Waals surface area (Å²) in [6.07, 6.45) is 2.25. The summed E-state index contributed by atoms with van der Waals surface area (Å²) in [5.41, 5.74) is 3.68. The second-order valence-corrected chi connectivity index (χ2v) is 7.11. The van der Waals surface area contributed by atoms with Crippen LogP contribution in [0.3, 0.4) is 0 Å². The van der Waals surface area contributed by atoms with Gasteiger partial charge in [-0.15, -0.1) is 0 Å². The monoisotopic (exact) mass is 438 g/mol. The van der Waals surface area contributed by atoms with Gasteiger partial charge >= 0.3 is 0 Å². The fraction of sp³-hybridized carbons (Fsp3) is 0.333. The zero-order valence-corrected chi connectivity index (χ0v) is 18.0. The molecule has 0 saturated heterocycles. The van der Waals surface area contributed by atoms with Crippen LogP contribution in [0.2, 0.25) is 10.0 Å². The van der Waals surface area contributed by atoms with E-state index in [4.69, 9.17) is 32.7 Å². The number of phenolic OH excluding ortho intramolecular Hbond substituents is 1. The van der Waals surface area contributed by atoms with Gasteiger partial charge < -0.3 is 14.6 Å². The standard InChI is InChI=1S/C21H24Cl2N2O4/c1-4-13(3)14-6-8-15(9-7-14)29-12-19(26)25-24-11-16-20(23)17(22)10-18(21(16)27)28-5-2/h6-11,13,27H,4-5,12H2,1-3H3,(H,25,26)/b24-11+/t13-/m0/s1. The highest BCUT2D eigenvalue weighted by molar-refractivity contribution is 6.43. The third-order valence-corrected chi connectivity index (χ3v) is 5.11. The van der Waals surface area contributed by atoms with E-state index in [0.717, 1.165) is 6.42 Å². The SMILES string of the molecule is CCOc1cc(Cl)c(Cl)c(/C=N/NC(=O)COc2ccc([C@@H](C)CC)cc2)c1O. The zero-order chi connectivity index (χ0) is 21.4. The highest BCUT2D eigenvalue weighted by Gasteiger charge is 2.15. The number of hydrogen-bond acceptors (Lipinski definition) is 5. The number of benzene rings is 2. The first kappa shape index (κ1) is 22.8. The van der Waals surface area contributed by atoms with E-state index in [1.165, 1.54) is 17.8 Å². The number of carbonyl (C=O) groups excluding carboxylic acids is 1. The van der Waals surface area contributed by atoms with Crippen molar-refractivity contribution in [3.05, 3.63) is 51.5 Å². The number of halogens is 2. The van der Waals surface area contributed by atoms with Crippen molar-refractivity contribution in [3.63, 3.8) is 0 Å². The molecule has 2 aromatic rings. The van der Waals surface area contributed by atoms with Gasteiger partial charge in [0.2, 0.25) is 0 Å². The van der Waals surface area contributed by atoms with E-state index in [0.29, 0.717) is 18.3 Å². The molecule has 156 valence electrons. The van der Waals surface area contributed by atoms with E-state index in [1.54, 1.807) is 6.92 Å². The largest absolute Gasteiger partial charge is 0.504 e. The molecule has 0 spiro atoms. The minimum Gasteiger partial charge on any atom is -0.504 e. The van der Waals surface area contributed by atoms with Crippen LogP contribution in [0.25, 0.3) is 0 Å². The third kappa shape index (κ3) is 6.27. The molecule has 2 rings (SSSR count). The molecular weight excluding hydrogens is 415 g/mol. The molecule has 0 aliphatic rings. The van der Waals surface area contributed by atoms with Crippen LogP contribution >= 0.6 is 23.2 Å². The number of nitrogens with one attached hydrogen (secondary N) is 1. The minimum absolute atomic E-state index is 0.100. The summed E-state index contributed by atoms with van der Waals surface area (Å²) in [7, 11) is 0. The summed E-state index contributed by atoms with van der Waals surface area (Å²) >= 11 is 12.1. The molecule has 2 N–H and O–H groups in total. The van der Waals surface area contributed by atoms with Crippen molar-refractivity contribution in [3.8, 4) is 17.2 Å². The maximum atomic E-state index is 11.9. The fourth-order valence-corrected chi connectivity index (χ4v) is 2.87. The molecule has 0 unspecified atom stereocenters. The number of aromatic hydroxyl groups is 1. The fourth-order valence-electron chi connectivity index (χ4n) is 2.47. The van der Waals surface area contributed by atoms with Crippen LogP contribution in [-0.2, 0) is 4.79 Å². The first-order chi connectivity index (χ1) is 13.9. The van der Waals surface area contributed by atoms with E-state index < -0.39 is 5.91 Å². The Bertz CT molecular complexity index is 870. The third-order valence-electron chi connectivity index (χ3n) is 4.31. The van der Waals surface area contributed by atoms with Crippen LogP contribution in [0, 0.1) is 0 Å². The number of rotatable bonds is 9. The molecule has 0 aliphatic carbocycles. The van der Waals surface area contributed by atoms with Crippen molar-refractivity contribution < 1.29 is 19.4 Å². The smallest absolute Gasteiger partial charge is 0.277 e. The van der Waals surface area contributed by atoms with E-state index in [-0.39, 0.29) is 33.7 Å². The van der Waals surface area contributed by atoms with E-state index in [1.807, 2.05) is 24.3 Å². The number of phenols is 1. The van der Waals surface area contributed by atoms with Gasteiger partial charge in [0.15, 0.2) is 18.1 Å². The first-order valence-electron chi connectivity index (χ1n) is 9.25. The Morgan fingerprint density at radius 3 is 2.55 bits per heavy atom. The Hall–Kier alpha value is -2.44. The van der Waals surface area contributed by atoms with Gasteiger partial charge in [0.25, 0.3) is 5.91 Å². The molecule has 29 heavy (non-hydrogen) atoms. The highest BCUT2D eigenvalue weighted by atomic mass is 35.5. The molecule has 0 saturated carbocycles. The van der Waals surface area contributed by atoms with Gasteiger partial charge in [0, 0.05) is 6.07 Å². The van der Waals surface area contributed by atoms with Crippen LogP contribution in [0.4, 0.5) is 0 Å². The summed E-state index contributed by atoms with van der Waals surface area (Å²) in [4.78, 5) is 11.9. The number of ether oxygens (including phenoxy) is 2. The van der Waals surface area contributed by atoms with Crippen molar-refractivity contribution >= 4 is 35.3 Å². The molecule has 6 nitrogen and oxygen atoms in total. The Labute approximate surface area is 180 Å². The minimum atomic E-state index is -0.463. The van der Waals surface area contributed by atoms with Crippen LogP contribution in [0.15, 0.2) is 35.4 Å². The van der Waals surface area contributed by atoms with Crippen molar-refractivity contribution in [2.24, 2.45) is 5.10 Å². The van der Waals surface area contributed by atoms with Gasteiger partial charge in [-0.3, -0.25) is 4.79 Å². The molecule has 0 bridgehead atoms. The lowest BCUT2D eigenvalue weighted by molar-refractivity contribution is -0.123. The van der Waals surface area contributed by atoms with Crippen LogP contribution in [0.1, 0.15) is 44.2 Å². The quantitative estimate of drug-likeness (QED) is 0.419. The molecule has 0 aliphatic heterocycles. The molecular formula is C21H24Cl2N2O4. The maximum Gasteiger partial charge on any atom is 0.277 e. The van der Waals surface area contributed by atoms with Crippen molar-refractivity contribution in [2.45, 2.75) is 33.1 Å². The molecule has 1 amide bonds. The summed E-state index contributed by atoms with van der Waals surface area (Å²) in [6.45, 7) is 6.19. The summed E-state index contributed by atoms with van der Waals surface area (Å²) in [6, 6.07) is 9.05. The second kappa shape index (κ2) is 10.9. The Kier molecular flexibility index (Phi) is 8.61. The molecule has 8 heteroatoms. The first-order valence-corrected chi connectivity index (χ1v) is 10.0. The molecule has 0 fully saturated rings. The lowest BCUT2D eigenvalue weighted by atomic mass is 9.99. The van der Waals surface area contributed by atoms with Gasteiger partial charge in [-0.2, -0.15) is 5.10 Å². The van der Waals surface area contributed by atoms with Crippen molar-refractivity contribution in [1.29, 1.82) is 0 Å². The number of amides is 1. The van der Waals surface area contributed by atoms with E-state index >= 15 is 0 Å². The summed E-state index contributed by atoms with van der Waals surface area (Å²) in [5, 5.41) is 14.3. The lowest BCUT2D eigenvalue weighted by Crippen LogP contribution is -2.24. The van der Waals surface area contributed by atoms with Gasteiger partial charge in [0.05, 0.1) is 28.4 Å². The van der Waals surface area contributed by atoms with Crippen molar-refractivity contribution in [1.82, 2.24) is 5.43 Å². The molecule has 0 heterocycles. The van der Waals surface area contributed by atoms with E-state index in [9.17, 15) is 9.90 Å². The molecule has 2 aromatic carbocycles. The number of nitrogens with zero attached hydrogens (tertiary/aromatic N) is 1. The van der Waals surface area contributed by atoms with Gasteiger partial charge in [-0.25, -0.2) is 5.43 Å². The Morgan fingerprint density at radius 2 is 1.93 bits per heavy atom. The van der Waals surface area contributed by atoms with Crippen LogP contribution in [-0.4, -0.2) is 30.4 Å². The molecule has 0 radical (unpaired) electrons. The Morgan fingerprint density at radius 1 is 1.24 bits per heavy atom. The predicted octanol–water partition coefficient (Wildman–Crippen LogP) is 5.14. The van der Waals surface area contributed by atoms with Gasteiger partial charge in [-0.1, -0.05) is 49.2 Å². The number of carbonyl (C=O) groups is 1. The lowest BCUT2D eigenvalue weighted by Gasteiger charge is -2.11. The predicted molar refractivity (Wildman–Crippen MR) is 116 cm³/mol. The normalized spacial score (nSPS) is 12.0. The van der Waals surface area contributed by atoms with Gasteiger partial charge in [0.1, 0.15) is 5.75 Å². The second-order valence-electron chi connectivity index (χ2n) is 6.33. The number of hydrazone groups is 1. The average molecular weight is 439 g/mol. The molecule has 1 atom stereocenters. The van der Waals surface area contributed by atoms with Crippen molar-refractivity contribution in [2.75, 3.05) is 13.2 Å². The Balaban J connectivity index is 1.95. The zero-order valence-electron chi connectivity index (χ0n) is 16.5. The maximum absolute atomic E-state index is 11.9. The average Bonchev–Trinajstić information content (AvgIpc) is 2.72. The summed E-state index contributed by atoms with van der Waals surface area (Å²) in [5.74, 6) is 0.568. The van der Waals surface area contributed by atoms with E-state index in [2.05, 4.69) is 24.4 Å². The highest BCUT2D eigenvalue weighted by Crippen LogP contribution is 2.39. The van der Waals surface area contributed by atoms with Crippen LogP contribution in [0.5, 0.6) is 17.2 Å². The number of hydrogen-bond donors (Lipinski definition) is 2. The van der Waals surface area contributed by atoms with Crippen LogP contribution < -0.4 is 14.9 Å².